The molecule has 1 aromatic rings. The highest BCUT2D eigenvalue weighted by molar-refractivity contribution is 5.94. The number of carbonyl (C=O) groups excluding carboxylic acids is 2. The van der Waals surface area contributed by atoms with Gasteiger partial charge >= 0.3 is 0 Å². The summed E-state index contributed by atoms with van der Waals surface area (Å²) in [7, 11) is 0. The van der Waals surface area contributed by atoms with Crippen molar-refractivity contribution in [2.75, 3.05) is 11.9 Å². The van der Waals surface area contributed by atoms with Crippen molar-refractivity contribution in [3.63, 3.8) is 0 Å². The summed E-state index contributed by atoms with van der Waals surface area (Å²) in [6.07, 6.45) is 3.42. The fraction of sp³-hybridized carbons (Fsp3) is 0.556. The summed E-state index contributed by atoms with van der Waals surface area (Å²) in [5, 5.41) is 2.70. The van der Waals surface area contributed by atoms with Crippen molar-refractivity contribution in [1.29, 1.82) is 0 Å². The zero-order valence-electron chi connectivity index (χ0n) is 14.3. The van der Waals surface area contributed by atoms with E-state index >= 15 is 0 Å². The molecule has 0 bridgehead atoms. The number of hydrogen-bond donors (Lipinski definition) is 2. The molecule has 2 atom stereocenters. The van der Waals surface area contributed by atoms with Gasteiger partial charge in [0.25, 0.3) is 0 Å². The molecule has 6 heteroatoms. The number of halogens is 1. The Labute approximate surface area is 142 Å². The highest BCUT2D eigenvalue weighted by atomic mass is 19.1. The summed E-state index contributed by atoms with van der Waals surface area (Å²) in [6, 6.07) is 5.54. The lowest BCUT2D eigenvalue weighted by Crippen LogP contribution is -2.47. The fourth-order valence-electron chi connectivity index (χ4n) is 3.09. The van der Waals surface area contributed by atoms with E-state index in [1.807, 2.05) is 13.8 Å². The molecule has 0 heterocycles. The second-order valence-corrected chi connectivity index (χ2v) is 6.74. The summed E-state index contributed by atoms with van der Waals surface area (Å²) >= 11 is 0. The van der Waals surface area contributed by atoms with Crippen LogP contribution in [-0.4, -0.2) is 35.3 Å². The van der Waals surface area contributed by atoms with E-state index in [1.165, 1.54) is 24.3 Å². The first kappa shape index (κ1) is 18.4. The number of nitrogens with one attached hydrogen (secondary N) is 1. The second-order valence-electron chi connectivity index (χ2n) is 6.74. The number of benzene rings is 1. The zero-order valence-corrected chi connectivity index (χ0v) is 14.3. The lowest BCUT2D eigenvalue weighted by atomic mass is 9.85. The van der Waals surface area contributed by atoms with Crippen LogP contribution in [0.15, 0.2) is 24.3 Å². The summed E-state index contributed by atoms with van der Waals surface area (Å²) in [6.45, 7) is 3.78. The van der Waals surface area contributed by atoms with Gasteiger partial charge < -0.3 is 16.0 Å². The number of carbonyl (C=O) groups is 2. The van der Waals surface area contributed by atoms with Crippen LogP contribution >= 0.6 is 0 Å². The molecule has 2 amide bonds. The van der Waals surface area contributed by atoms with Gasteiger partial charge in [0, 0.05) is 23.7 Å². The first-order valence-corrected chi connectivity index (χ1v) is 8.48. The molecule has 3 N–H and O–H groups in total. The molecule has 1 aliphatic carbocycles. The molecule has 2 rings (SSSR count). The smallest absolute Gasteiger partial charge is 0.244 e. The lowest BCUT2D eigenvalue weighted by Gasteiger charge is -2.33. The van der Waals surface area contributed by atoms with Crippen molar-refractivity contribution >= 4 is 17.5 Å². The molecule has 132 valence electrons. The molecule has 1 fully saturated rings. The quantitative estimate of drug-likeness (QED) is 0.868. The minimum Gasteiger partial charge on any atom is -0.331 e. The van der Waals surface area contributed by atoms with E-state index in [9.17, 15) is 14.0 Å². The van der Waals surface area contributed by atoms with Crippen LogP contribution in [0.4, 0.5) is 10.1 Å². The Morgan fingerprint density at radius 3 is 2.54 bits per heavy atom. The van der Waals surface area contributed by atoms with Gasteiger partial charge in [0.1, 0.15) is 12.4 Å². The third kappa shape index (κ3) is 5.03. The van der Waals surface area contributed by atoms with Crippen LogP contribution in [0, 0.1) is 11.7 Å². The Morgan fingerprint density at radius 2 is 1.96 bits per heavy atom. The van der Waals surface area contributed by atoms with Crippen molar-refractivity contribution in [2.45, 2.75) is 51.6 Å². The van der Waals surface area contributed by atoms with Gasteiger partial charge in [-0.15, -0.1) is 0 Å². The van der Waals surface area contributed by atoms with E-state index in [0.29, 0.717) is 12.1 Å². The fourth-order valence-corrected chi connectivity index (χ4v) is 3.09. The van der Waals surface area contributed by atoms with Gasteiger partial charge in [-0.1, -0.05) is 6.42 Å². The molecule has 1 aliphatic rings. The Kier molecular flexibility index (Phi) is 6.31. The van der Waals surface area contributed by atoms with Gasteiger partial charge in [-0.25, -0.2) is 4.39 Å². The van der Waals surface area contributed by atoms with E-state index in [4.69, 9.17) is 5.73 Å². The average molecular weight is 335 g/mol. The van der Waals surface area contributed by atoms with E-state index < -0.39 is 0 Å². The van der Waals surface area contributed by atoms with Crippen LogP contribution in [0.5, 0.6) is 0 Å². The average Bonchev–Trinajstić information content (AvgIpc) is 2.54. The minimum atomic E-state index is -0.361. The highest BCUT2D eigenvalue weighted by Gasteiger charge is 2.31. The normalized spacial score (nSPS) is 20.7. The second kappa shape index (κ2) is 8.24. The van der Waals surface area contributed by atoms with Gasteiger partial charge in [0.2, 0.25) is 11.8 Å². The number of amides is 2. The molecule has 0 spiro atoms. The van der Waals surface area contributed by atoms with E-state index in [1.54, 1.807) is 4.90 Å². The molecular formula is C18H26FN3O2. The topological polar surface area (TPSA) is 75.4 Å². The molecule has 0 aliphatic heterocycles. The van der Waals surface area contributed by atoms with Gasteiger partial charge in [0.15, 0.2) is 0 Å². The maximum Gasteiger partial charge on any atom is 0.244 e. The van der Waals surface area contributed by atoms with E-state index in [-0.39, 0.29) is 42.2 Å². The molecule has 1 aromatic carbocycles. The summed E-state index contributed by atoms with van der Waals surface area (Å²) in [5.41, 5.74) is 6.49. The summed E-state index contributed by atoms with van der Waals surface area (Å²) < 4.78 is 12.9. The van der Waals surface area contributed by atoms with Crippen molar-refractivity contribution in [2.24, 2.45) is 11.7 Å². The van der Waals surface area contributed by atoms with Crippen molar-refractivity contribution in [1.82, 2.24) is 4.90 Å². The zero-order chi connectivity index (χ0) is 17.7. The van der Waals surface area contributed by atoms with Crippen LogP contribution in [-0.2, 0) is 9.59 Å². The highest BCUT2D eigenvalue weighted by Crippen LogP contribution is 2.25. The van der Waals surface area contributed by atoms with Crippen LogP contribution in [0.2, 0.25) is 0 Å². The van der Waals surface area contributed by atoms with E-state index in [2.05, 4.69) is 5.32 Å². The molecule has 0 radical (unpaired) electrons. The van der Waals surface area contributed by atoms with Crippen LogP contribution in [0.1, 0.15) is 39.5 Å². The largest absolute Gasteiger partial charge is 0.331 e. The monoisotopic (exact) mass is 335 g/mol. The third-order valence-electron chi connectivity index (χ3n) is 4.41. The summed E-state index contributed by atoms with van der Waals surface area (Å²) in [4.78, 5) is 26.6. The Morgan fingerprint density at radius 1 is 1.29 bits per heavy atom. The number of nitrogens with two attached hydrogens (primary N) is 1. The lowest BCUT2D eigenvalue weighted by molar-refractivity contribution is -0.141. The van der Waals surface area contributed by atoms with E-state index in [0.717, 1.165) is 19.3 Å². The molecule has 5 nitrogen and oxygen atoms in total. The molecule has 1 saturated carbocycles. The minimum absolute atomic E-state index is 0.00518. The summed E-state index contributed by atoms with van der Waals surface area (Å²) in [5.74, 6) is -0.756. The third-order valence-corrected chi connectivity index (χ3v) is 4.41. The molecular weight excluding hydrogens is 309 g/mol. The SMILES string of the molecule is CC(C)N(CC(=O)Nc1ccc(F)cc1)C(=O)C1CCCC(N)C1. The number of rotatable bonds is 5. The van der Waals surface area contributed by atoms with Crippen molar-refractivity contribution in [3.05, 3.63) is 30.1 Å². The van der Waals surface area contributed by atoms with Gasteiger partial charge in [-0.3, -0.25) is 9.59 Å². The Hall–Kier alpha value is -1.95. The van der Waals surface area contributed by atoms with Crippen LogP contribution in [0.3, 0.4) is 0 Å². The number of nitrogens with zero attached hydrogens (tertiary/aromatic N) is 1. The maximum atomic E-state index is 12.9. The molecule has 0 saturated heterocycles. The van der Waals surface area contributed by atoms with Crippen molar-refractivity contribution < 1.29 is 14.0 Å². The van der Waals surface area contributed by atoms with Crippen molar-refractivity contribution in [3.8, 4) is 0 Å². The molecule has 0 aromatic heterocycles. The number of anilines is 1. The Bertz CT molecular complexity index is 574. The van der Waals surface area contributed by atoms with Crippen LogP contribution in [0.25, 0.3) is 0 Å². The van der Waals surface area contributed by atoms with Crippen LogP contribution < -0.4 is 11.1 Å². The maximum absolute atomic E-state index is 12.9. The molecule has 2 unspecified atom stereocenters. The van der Waals surface area contributed by atoms with Gasteiger partial charge in [0.05, 0.1) is 0 Å². The first-order chi connectivity index (χ1) is 11.4. The Balaban J connectivity index is 1.98. The molecule has 24 heavy (non-hydrogen) atoms. The predicted molar refractivity (Wildman–Crippen MR) is 91.8 cm³/mol. The number of hydrogen-bond acceptors (Lipinski definition) is 3. The van der Waals surface area contributed by atoms with Gasteiger partial charge in [-0.2, -0.15) is 0 Å². The van der Waals surface area contributed by atoms with Gasteiger partial charge in [-0.05, 0) is 57.4 Å². The first-order valence-electron chi connectivity index (χ1n) is 8.48. The standard InChI is InChI=1S/C18H26FN3O2/c1-12(2)22(18(24)13-4-3-5-15(20)10-13)11-17(23)21-16-8-6-14(19)7-9-16/h6-9,12-13,15H,3-5,10-11,20H2,1-2H3,(H,21,23). The predicted octanol–water partition coefficient (Wildman–Crippen LogP) is 2.52.